The summed E-state index contributed by atoms with van der Waals surface area (Å²) in [5.74, 6) is 1.65. The van der Waals surface area contributed by atoms with E-state index in [-0.39, 0.29) is 83.0 Å². The van der Waals surface area contributed by atoms with E-state index in [9.17, 15) is 31.7 Å². The minimum atomic E-state index is -4.01. The summed E-state index contributed by atoms with van der Waals surface area (Å²) in [5.41, 5.74) is 2.51. The molecule has 13 nitrogen and oxygen atoms in total. The fraction of sp³-hybridized carbons (Fsp3) is 0.457. The topological polar surface area (TPSA) is 157 Å². The summed E-state index contributed by atoms with van der Waals surface area (Å²) in [5, 5.41) is 12.1. The fourth-order valence-electron chi connectivity index (χ4n) is 7.40. The molecule has 0 saturated carbocycles. The molecule has 1 atom stereocenters. The second-order valence-electron chi connectivity index (χ2n) is 15.3. The van der Waals surface area contributed by atoms with Crippen LogP contribution in [0.15, 0.2) is 107 Å². The Morgan fingerprint density at radius 3 is 1.86 bits per heavy atom. The number of sulfonamides is 2. The smallest absolute Gasteiger partial charge is 0.282 e. The van der Waals surface area contributed by atoms with Crippen molar-refractivity contribution in [2.75, 3.05) is 57.4 Å². The number of rotatable bonds is 26. The van der Waals surface area contributed by atoms with Crippen LogP contribution in [0.4, 0.5) is 5.69 Å². The number of aryl methyl sites for hydroxylation is 2. The number of ether oxygens (including phenoxy) is 2. The van der Waals surface area contributed by atoms with Crippen molar-refractivity contribution < 1.29 is 36.0 Å². The first kappa shape index (κ1) is 50.0. The summed E-state index contributed by atoms with van der Waals surface area (Å²) >= 11 is 3.57. The van der Waals surface area contributed by atoms with E-state index in [2.05, 4.69) is 13.8 Å². The standard InChI is InChI=1S/C46H60N4O9S4/c1-5-60-46(61-6-2)44-16-10-31-49(44)45(51)42-34-39(21-26-43(42)50(52)53)59-33-13-30-48(63(56,57)41-24-19-37(4)20-25-41)28-11-27-47(62(54,55)40-22-17-36(3)18-23-40)29-12-32-58-35-38-14-8-7-9-15-38/h7-9,14-15,17-26,34,44,46H,5-6,10-13,16,27-33,35H2,1-4H3/t44-/m0/s1. The van der Waals surface area contributed by atoms with Crippen LogP contribution in [0, 0.1) is 24.0 Å². The molecule has 1 fully saturated rings. The Morgan fingerprint density at radius 2 is 1.32 bits per heavy atom. The number of likely N-dealkylation sites (tertiary alicyclic amines) is 1. The maximum absolute atomic E-state index is 14.1. The third-order valence-corrected chi connectivity index (χ3v) is 17.3. The molecule has 17 heteroatoms. The van der Waals surface area contributed by atoms with E-state index >= 15 is 0 Å². The van der Waals surface area contributed by atoms with E-state index in [0.29, 0.717) is 26.2 Å². The van der Waals surface area contributed by atoms with Crippen LogP contribution in [0.3, 0.4) is 0 Å². The van der Waals surface area contributed by atoms with Crippen LogP contribution in [-0.4, -0.2) is 109 Å². The van der Waals surface area contributed by atoms with Crippen LogP contribution in [0.1, 0.15) is 73.0 Å². The number of nitro benzene ring substituents is 1. The third-order valence-electron chi connectivity index (χ3n) is 10.7. The molecule has 1 saturated heterocycles. The monoisotopic (exact) mass is 940 g/mol. The summed E-state index contributed by atoms with van der Waals surface area (Å²) in [6.07, 6.45) is 2.53. The van der Waals surface area contributed by atoms with Gasteiger partial charge in [-0.25, -0.2) is 16.8 Å². The Bertz CT molecular complexity index is 2290. The molecule has 0 N–H and O–H groups in total. The number of nitro groups is 1. The molecule has 342 valence electrons. The van der Waals surface area contributed by atoms with Gasteiger partial charge in [0, 0.05) is 45.4 Å². The van der Waals surface area contributed by atoms with Gasteiger partial charge in [0.05, 0.1) is 38.6 Å². The first-order chi connectivity index (χ1) is 30.3. The van der Waals surface area contributed by atoms with Gasteiger partial charge in [-0.05, 0) is 99.4 Å². The predicted molar refractivity (Wildman–Crippen MR) is 253 cm³/mol. The quantitative estimate of drug-likeness (QED) is 0.0257. The highest BCUT2D eigenvalue weighted by Crippen LogP contribution is 2.37. The number of amides is 1. The van der Waals surface area contributed by atoms with Crippen molar-refractivity contribution in [3.8, 4) is 5.75 Å². The molecule has 0 aromatic heterocycles. The lowest BCUT2D eigenvalue weighted by Crippen LogP contribution is -2.41. The van der Waals surface area contributed by atoms with Crippen molar-refractivity contribution in [2.45, 2.75) is 86.8 Å². The SMILES string of the molecule is CCSC(SCC)[C@@H]1CCCN1C(=O)c1cc(OCCCN(CCCN(CCCOCc2ccccc2)S(=O)(=O)c2ccc(C)cc2)S(=O)(=O)c2ccc(C)cc2)ccc1[N+](=O)[O-]. The van der Waals surface area contributed by atoms with Crippen LogP contribution in [-0.2, 0) is 31.4 Å². The predicted octanol–water partition coefficient (Wildman–Crippen LogP) is 8.80. The fourth-order valence-corrected chi connectivity index (χ4v) is 13.3. The molecule has 0 bridgehead atoms. The summed E-state index contributed by atoms with van der Waals surface area (Å²) in [6.45, 7) is 9.55. The number of hydrogen-bond acceptors (Lipinski definition) is 11. The zero-order valence-corrected chi connectivity index (χ0v) is 39.9. The summed E-state index contributed by atoms with van der Waals surface area (Å²) in [7, 11) is -7.92. The molecule has 4 aromatic rings. The normalized spacial score (nSPS) is 14.5. The van der Waals surface area contributed by atoms with Gasteiger partial charge >= 0.3 is 0 Å². The molecule has 0 spiro atoms. The lowest BCUT2D eigenvalue weighted by Gasteiger charge is -2.31. The number of thioether (sulfide) groups is 2. The Labute approximate surface area is 382 Å². The number of hydrogen-bond donors (Lipinski definition) is 0. The highest BCUT2D eigenvalue weighted by molar-refractivity contribution is 8.17. The number of carbonyl (C=O) groups excluding carboxylic acids is 1. The van der Waals surface area contributed by atoms with E-state index in [4.69, 9.17) is 9.47 Å². The summed E-state index contributed by atoms with van der Waals surface area (Å²) in [6, 6.07) is 27.1. The van der Waals surface area contributed by atoms with Gasteiger partial charge in [0.2, 0.25) is 20.0 Å². The molecular formula is C46H60N4O9S4. The van der Waals surface area contributed by atoms with Crippen molar-refractivity contribution in [2.24, 2.45) is 0 Å². The van der Waals surface area contributed by atoms with Gasteiger partial charge in [-0.15, -0.1) is 23.5 Å². The highest BCUT2D eigenvalue weighted by Gasteiger charge is 2.38. The van der Waals surface area contributed by atoms with Gasteiger partial charge in [0.25, 0.3) is 11.6 Å². The number of benzene rings is 4. The average molecular weight is 941 g/mol. The summed E-state index contributed by atoms with van der Waals surface area (Å²) < 4.78 is 71.0. The Balaban J connectivity index is 1.28. The van der Waals surface area contributed by atoms with Crippen molar-refractivity contribution in [1.82, 2.24) is 13.5 Å². The minimum absolute atomic E-state index is 0.0292. The van der Waals surface area contributed by atoms with Gasteiger partial charge < -0.3 is 14.4 Å². The molecular weight excluding hydrogens is 881 g/mol. The van der Waals surface area contributed by atoms with Crippen LogP contribution in [0.5, 0.6) is 5.75 Å². The average Bonchev–Trinajstić information content (AvgIpc) is 3.76. The van der Waals surface area contributed by atoms with Gasteiger partial charge in [0.1, 0.15) is 11.3 Å². The Morgan fingerprint density at radius 1 is 0.778 bits per heavy atom. The minimum Gasteiger partial charge on any atom is -0.494 e. The lowest BCUT2D eigenvalue weighted by molar-refractivity contribution is -0.385. The largest absolute Gasteiger partial charge is 0.494 e. The number of carbonyl (C=O) groups is 1. The first-order valence-corrected chi connectivity index (χ1v) is 26.4. The van der Waals surface area contributed by atoms with E-state index in [1.165, 1.54) is 26.8 Å². The van der Waals surface area contributed by atoms with E-state index in [0.717, 1.165) is 41.0 Å². The van der Waals surface area contributed by atoms with Gasteiger partial charge in [-0.2, -0.15) is 8.61 Å². The molecule has 1 amide bonds. The lowest BCUT2D eigenvalue weighted by atomic mass is 10.1. The number of nitrogens with zero attached hydrogens (tertiary/aromatic N) is 4. The van der Waals surface area contributed by atoms with Gasteiger partial charge in [0.15, 0.2) is 0 Å². The van der Waals surface area contributed by atoms with Gasteiger partial charge in [-0.3, -0.25) is 14.9 Å². The Hall–Kier alpha value is -3.97. The van der Waals surface area contributed by atoms with Crippen molar-refractivity contribution >= 4 is 55.2 Å². The molecule has 4 aromatic carbocycles. The van der Waals surface area contributed by atoms with E-state index < -0.39 is 30.9 Å². The molecule has 63 heavy (non-hydrogen) atoms. The molecule has 0 radical (unpaired) electrons. The van der Waals surface area contributed by atoms with Crippen molar-refractivity contribution in [3.05, 3.63) is 129 Å². The molecule has 1 heterocycles. The molecule has 0 aliphatic carbocycles. The molecule has 0 unspecified atom stereocenters. The van der Waals surface area contributed by atoms with E-state index in [1.54, 1.807) is 77.0 Å². The van der Waals surface area contributed by atoms with Crippen LogP contribution < -0.4 is 4.74 Å². The molecule has 5 rings (SSSR count). The molecule has 1 aliphatic rings. The van der Waals surface area contributed by atoms with Crippen molar-refractivity contribution in [1.29, 1.82) is 0 Å². The van der Waals surface area contributed by atoms with Crippen molar-refractivity contribution in [3.63, 3.8) is 0 Å². The van der Waals surface area contributed by atoms with E-state index in [1.807, 2.05) is 44.2 Å². The van der Waals surface area contributed by atoms with Gasteiger partial charge in [-0.1, -0.05) is 79.6 Å². The maximum Gasteiger partial charge on any atom is 0.282 e. The Kier molecular flexibility index (Phi) is 19.3. The third kappa shape index (κ3) is 14.0. The van der Waals surface area contributed by atoms with Crippen LogP contribution in [0.25, 0.3) is 0 Å². The zero-order chi connectivity index (χ0) is 45.4. The van der Waals surface area contributed by atoms with Crippen LogP contribution in [0.2, 0.25) is 0 Å². The first-order valence-electron chi connectivity index (χ1n) is 21.5. The second kappa shape index (κ2) is 24.4. The molecule has 1 aliphatic heterocycles. The maximum atomic E-state index is 14.1. The zero-order valence-electron chi connectivity index (χ0n) is 36.6. The van der Waals surface area contributed by atoms with Crippen LogP contribution >= 0.6 is 23.5 Å². The second-order valence-corrected chi connectivity index (χ2v) is 22.3. The highest BCUT2D eigenvalue weighted by atomic mass is 32.2. The summed E-state index contributed by atoms with van der Waals surface area (Å²) in [4.78, 5) is 27.6.